The Morgan fingerprint density at radius 3 is 1.50 bits per heavy atom. The molecule has 0 bridgehead atoms. The zero-order valence-electron chi connectivity index (χ0n) is 6.59. The van der Waals surface area contributed by atoms with E-state index in [9.17, 15) is 0 Å². The maximum atomic E-state index is 2.36. The fraction of sp³-hybridized carbons (Fsp3) is 1.00. The molecular formula is C6H16Cl2NTi. The van der Waals surface area contributed by atoms with Crippen LogP contribution in [-0.4, -0.2) is 16.5 Å². The van der Waals surface area contributed by atoms with Crippen molar-refractivity contribution in [1.82, 2.24) is 3.38 Å². The van der Waals surface area contributed by atoms with Gasteiger partial charge >= 0.3 is 63.9 Å². The Labute approximate surface area is 88.5 Å². The standard InChI is InChI=1S/C6H14N.2ClH.Ti/c1-3-5-7-6-4-2;;;/h3-6H2,1-2H3;2*1H;/q-1;;;+1. The average Bonchev–Trinajstić information content (AvgIpc) is 1.68. The predicted molar refractivity (Wildman–Crippen MR) is 46.7 cm³/mol. The van der Waals surface area contributed by atoms with E-state index >= 15 is 0 Å². The van der Waals surface area contributed by atoms with Crippen molar-refractivity contribution in [1.29, 1.82) is 0 Å². The van der Waals surface area contributed by atoms with Crippen molar-refractivity contribution >= 4 is 24.8 Å². The van der Waals surface area contributed by atoms with Gasteiger partial charge in [-0.25, -0.2) is 0 Å². The maximum Gasteiger partial charge on any atom is -0.147 e. The van der Waals surface area contributed by atoms with Gasteiger partial charge in [-0.05, 0) is 0 Å². The molecule has 0 amide bonds. The van der Waals surface area contributed by atoms with Crippen molar-refractivity contribution < 1.29 is 20.7 Å². The molecule has 0 atom stereocenters. The summed E-state index contributed by atoms with van der Waals surface area (Å²) in [5.74, 6) is 0. The van der Waals surface area contributed by atoms with Crippen LogP contribution in [0.4, 0.5) is 0 Å². The van der Waals surface area contributed by atoms with Crippen molar-refractivity contribution in [2.45, 2.75) is 26.7 Å². The van der Waals surface area contributed by atoms with E-state index in [4.69, 9.17) is 0 Å². The van der Waals surface area contributed by atoms with Crippen LogP contribution in [0.5, 0.6) is 0 Å². The predicted octanol–water partition coefficient (Wildman–Crippen LogP) is 2.41. The smallest absolute Gasteiger partial charge is 0.147 e. The van der Waals surface area contributed by atoms with Crippen LogP contribution < -0.4 is 0 Å². The quantitative estimate of drug-likeness (QED) is 0.659. The third-order valence-corrected chi connectivity index (χ3v) is 1.69. The summed E-state index contributed by atoms with van der Waals surface area (Å²) in [7, 11) is 0. The first-order valence-corrected chi connectivity index (χ1v) is 3.97. The fourth-order valence-corrected chi connectivity index (χ4v) is 1.35. The zero-order valence-corrected chi connectivity index (χ0v) is 9.79. The molecule has 0 aromatic heterocycles. The molecule has 0 aromatic carbocycles. The largest absolute Gasteiger partial charge is 0.147 e. The van der Waals surface area contributed by atoms with Crippen LogP contribution >= 0.6 is 24.8 Å². The van der Waals surface area contributed by atoms with E-state index in [0.29, 0.717) is 0 Å². The Kier molecular flexibility index (Phi) is 22.4. The van der Waals surface area contributed by atoms with Crippen LogP contribution in [0, 0.1) is 0 Å². The first-order chi connectivity index (χ1) is 3.81. The topological polar surface area (TPSA) is 3.24 Å². The SMILES string of the molecule is CCC[N]([Ti])CCC.Cl.Cl. The van der Waals surface area contributed by atoms with Gasteiger partial charge in [0.1, 0.15) is 0 Å². The molecule has 0 aliphatic rings. The Morgan fingerprint density at radius 2 is 1.30 bits per heavy atom. The third-order valence-electron chi connectivity index (χ3n) is 0.987. The van der Waals surface area contributed by atoms with Gasteiger partial charge in [-0.2, -0.15) is 0 Å². The van der Waals surface area contributed by atoms with Crippen LogP contribution in [-0.2, 0) is 20.7 Å². The summed E-state index contributed by atoms with van der Waals surface area (Å²) in [6.45, 7) is 6.92. The van der Waals surface area contributed by atoms with Gasteiger partial charge in [0.25, 0.3) is 0 Å². The minimum atomic E-state index is 0. The van der Waals surface area contributed by atoms with Crippen molar-refractivity contribution in [3.63, 3.8) is 0 Å². The molecule has 0 aliphatic carbocycles. The molecule has 10 heavy (non-hydrogen) atoms. The van der Waals surface area contributed by atoms with Crippen LogP contribution in [0.15, 0.2) is 0 Å². The summed E-state index contributed by atoms with van der Waals surface area (Å²) in [5.41, 5.74) is 0. The molecule has 0 saturated heterocycles. The molecule has 0 aliphatic heterocycles. The van der Waals surface area contributed by atoms with Crippen molar-refractivity contribution in [2.75, 3.05) is 13.1 Å². The van der Waals surface area contributed by atoms with E-state index in [0.717, 1.165) is 0 Å². The molecular weight excluding hydrogens is 205 g/mol. The van der Waals surface area contributed by atoms with Gasteiger partial charge in [-0.1, -0.05) is 0 Å². The van der Waals surface area contributed by atoms with Gasteiger partial charge in [0, 0.05) is 0 Å². The number of hydrogen-bond acceptors (Lipinski definition) is 1. The van der Waals surface area contributed by atoms with E-state index < -0.39 is 0 Å². The van der Waals surface area contributed by atoms with E-state index in [1.165, 1.54) is 25.9 Å². The van der Waals surface area contributed by atoms with Crippen LogP contribution in [0.3, 0.4) is 0 Å². The monoisotopic (exact) mass is 220 g/mol. The average molecular weight is 221 g/mol. The second-order valence-corrected chi connectivity index (χ2v) is 2.97. The normalized spacial score (nSPS) is 8.20. The number of halogens is 2. The molecule has 63 valence electrons. The third kappa shape index (κ3) is 12.0. The van der Waals surface area contributed by atoms with Crippen LogP contribution in [0.2, 0.25) is 0 Å². The molecule has 0 saturated carbocycles. The van der Waals surface area contributed by atoms with E-state index in [2.05, 4.69) is 37.9 Å². The summed E-state index contributed by atoms with van der Waals surface area (Å²) in [4.78, 5) is 0. The molecule has 4 heteroatoms. The van der Waals surface area contributed by atoms with E-state index in [1.807, 2.05) is 0 Å². The number of rotatable bonds is 4. The van der Waals surface area contributed by atoms with Gasteiger partial charge in [0.15, 0.2) is 0 Å². The van der Waals surface area contributed by atoms with Gasteiger partial charge in [-0.15, -0.1) is 24.8 Å². The first-order valence-electron chi connectivity index (χ1n) is 3.27. The zero-order chi connectivity index (χ0) is 6.41. The molecule has 0 rings (SSSR count). The molecule has 0 N–H and O–H groups in total. The Morgan fingerprint density at radius 1 is 1.00 bits per heavy atom. The Hall–Kier alpha value is 1.25. The molecule has 1 nitrogen and oxygen atoms in total. The van der Waals surface area contributed by atoms with Crippen molar-refractivity contribution in [2.24, 2.45) is 0 Å². The van der Waals surface area contributed by atoms with Gasteiger partial charge in [0.2, 0.25) is 0 Å². The maximum absolute atomic E-state index is 2.36. The first kappa shape index (κ1) is 17.4. The van der Waals surface area contributed by atoms with Crippen LogP contribution in [0.1, 0.15) is 26.7 Å². The van der Waals surface area contributed by atoms with Gasteiger partial charge < -0.3 is 0 Å². The molecule has 0 radical (unpaired) electrons. The van der Waals surface area contributed by atoms with E-state index in [-0.39, 0.29) is 24.8 Å². The second kappa shape index (κ2) is 12.9. The fourth-order valence-electron chi connectivity index (χ4n) is 0.652. The Bertz CT molecular complexity index is 49.0. The minimum Gasteiger partial charge on any atom is -0.147 e. The number of nitrogens with zero attached hydrogens (tertiary/aromatic N) is 1. The molecule has 0 heterocycles. The van der Waals surface area contributed by atoms with Crippen LogP contribution in [0.25, 0.3) is 0 Å². The Balaban J connectivity index is -0.000000245. The van der Waals surface area contributed by atoms with Gasteiger partial charge in [0.05, 0.1) is 0 Å². The van der Waals surface area contributed by atoms with Crippen molar-refractivity contribution in [3.8, 4) is 0 Å². The summed E-state index contributed by atoms with van der Waals surface area (Å²) in [6, 6.07) is 0. The summed E-state index contributed by atoms with van der Waals surface area (Å²) in [5, 5.41) is 0. The van der Waals surface area contributed by atoms with E-state index in [1.54, 1.807) is 0 Å². The molecule has 0 unspecified atom stereocenters. The summed E-state index contributed by atoms with van der Waals surface area (Å²) < 4.78 is 2.36. The van der Waals surface area contributed by atoms with Gasteiger partial charge in [-0.3, -0.25) is 0 Å². The second-order valence-electron chi connectivity index (χ2n) is 1.99. The molecule has 0 fully saturated rings. The summed E-state index contributed by atoms with van der Waals surface area (Å²) in [6.07, 6.45) is 2.55. The minimum absolute atomic E-state index is 0. The number of hydrogen-bond donors (Lipinski definition) is 0. The van der Waals surface area contributed by atoms with Crippen molar-refractivity contribution in [3.05, 3.63) is 0 Å². The molecule has 0 aromatic rings. The molecule has 0 spiro atoms. The summed E-state index contributed by atoms with van der Waals surface area (Å²) >= 11 is 2.17.